The first-order valence-electron chi connectivity index (χ1n) is 11.2. The first-order valence-corrected chi connectivity index (χ1v) is 11.2. The van der Waals surface area contributed by atoms with Crippen LogP contribution in [0, 0.1) is 5.92 Å². The van der Waals surface area contributed by atoms with E-state index in [4.69, 9.17) is 15.0 Å². The molecule has 1 saturated heterocycles. The first-order chi connectivity index (χ1) is 14.8. The van der Waals surface area contributed by atoms with E-state index in [1.54, 1.807) is 25.1 Å². The Balaban J connectivity index is 1.41. The topological polar surface area (TPSA) is 115 Å². The molecule has 2 heterocycles. The van der Waals surface area contributed by atoms with Gasteiger partial charge in [0.05, 0.1) is 12.7 Å². The average Bonchev–Trinajstić information content (AvgIpc) is 3.22. The number of piperidine rings is 1. The highest BCUT2D eigenvalue weighted by molar-refractivity contribution is 5.94. The van der Waals surface area contributed by atoms with Crippen LogP contribution < -0.4 is 15.4 Å². The van der Waals surface area contributed by atoms with Crippen LogP contribution in [0.4, 0.5) is 6.01 Å². The molecule has 0 radical (unpaired) electrons. The van der Waals surface area contributed by atoms with Crippen LogP contribution in [0.25, 0.3) is 0 Å². The third kappa shape index (κ3) is 6.43. The van der Waals surface area contributed by atoms with Gasteiger partial charge in [0.2, 0.25) is 5.91 Å². The van der Waals surface area contributed by atoms with Crippen LogP contribution in [0.3, 0.4) is 0 Å². The number of rotatable bonds is 10. The molecule has 1 atom stereocenters. The fraction of sp³-hybridized carbons (Fsp3) is 0.609. The molecule has 2 aromatic rings. The fourth-order valence-electron chi connectivity index (χ4n) is 3.95. The highest BCUT2D eigenvalue weighted by Gasteiger charge is 2.23. The van der Waals surface area contributed by atoms with Crippen molar-refractivity contribution in [3.8, 4) is 5.75 Å². The number of benzene rings is 1. The van der Waals surface area contributed by atoms with Gasteiger partial charge in [0.15, 0.2) is 5.82 Å². The third-order valence-electron chi connectivity index (χ3n) is 5.72. The smallest absolute Gasteiger partial charge is 0.324 e. The molecule has 1 aliphatic rings. The van der Waals surface area contributed by atoms with Crippen LogP contribution in [0.2, 0.25) is 0 Å². The van der Waals surface area contributed by atoms with Crippen LogP contribution in [0.15, 0.2) is 22.7 Å². The van der Waals surface area contributed by atoms with E-state index in [2.05, 4.69) is 28.9 Å². The van der Waals surface area contributed by atoms with Crippen molar-refractivity contribution in [3.63, 3.8) is 0 Å². The summed E-state index contributed by atoms with van der Waals surface area (Å²) in [7, 11) is 0. The Bertz CT molecular complexity index is 857. The van der Waals surface area contributed by atoms with Crippen molar-refractivity contribution in [3.05, 3.63) is 35.2 Å². The van der Waals surface area contributed by atoms with E-state index in [0.717, 1.165) is 44.6 Å². The Kier molecular flexibility index (Phi) is 7.90. The quantitative estimate of drug-likeness (QED) is 0.556. The zero-order valence-corrected chi connectivity index (χ0v) is 18.7. The van der Waals surface area contributed by atoms with Crippen molar-refractivity contribution in [1.29, 1.82) is 0 Å². The number of primary amides is 1. The Hall–Kier alpha value is -2.61. The standard InChI is InChI=1S/C23H34N4O4/c1-15(2)22-25-23(31-26-22)27-10-8-17(9-11-27)5-4-12-30-19-6-7-20(21(24)29)18(14-19)13-16(3)28/h6-7,14-17,28H,4-5,8-13H2,1-3H3,(H2,24,29)/t16-/m1/s1. The Morgan fingerprint density at radius 1 is 1.32 bits per heavy atom. The van der Waals surface area contributed by atoms with E-state index in [-0.39, 0.29) is 5.92 Å². The van der Waals surface area contributed by atoms with Crippen LogP contribution in [0.1, 0.15) is 74.1 Å². The van der Waals surface area contributed by atoms with Crippen LogP contribution in [0.5, 0.6) is 5.75 Å². The van der Waals surface area contributed by atoms with Crippen molar-refractivity contribution in [2.45, 2.75) is 64.9 Å². The largest absolute Gasteiger partial charge is 0.494 e. The molecule has 170 valence electrons. The predicted octanol–water partition coefficient (Wildman–Crippen LogP) is 3.29. The molecule has 1 aromatic carbocycles. The van der Waals surface area contributed by atoms with Crippen LogP contribution in [-0.4, -0.2) is 47.0 Å². The second kappa shape index (κ2) is 10.6. The van der Waals surface area contributed by atoms with Gasteiger partial charge in [0.25, 0.3) is 0 Å². The molecule has 0 spiro atoms. The Labute approximate surface area is 183 Å². The van der Waals surface area contributed by atoms with E-state index < -0.39 is 12.0 Å². The molecule has 1 fully saturated rings. The number of aliphatic hydroxyl groups excluding tert-OH is 1. The van der Waals surface area contributed by atoms with Gasteiger partial charge in [-0.25, -0.2) is 0 Å². The lowest BCUT2D eigenvalue weighted by Gasteiger charge is -2.30. The number of hydrogen-bond acceptors (Lipinski definition) is 7. The van der Waals surface area contributed by atoms with Crippen LogP contribution >= 0.6 is 0 Å². The molecule has 8 nitrogen and oxygen atoms in total. The molecule has 0 aliphatic carbocycles. The molecule has 0 unspecified atom stereocenters. The molecule has 1 amide bonds. The number of amides is 1. The molecule has 3 rings (SSSR count). The van der Waals surface area contributed by atoms with Gasteiger partial charge in [-0.05, 0) is 68.7 Å². The molecular weight excluding hydrogens is 396 g/mol. The molecule has 8 heteroatoms. The lowest BCUT2D eigenvalue weighted by atomic mass is 9.92. The average molecular weight is 431 g/mol. The van der Waals surface area contributed by atoms with Gasteiger partial charge in [-0.1, -0.05) is 19.0 Å². The number of nitrogens with two attached hydrogens (primary N) is 1. The summed E-state index contributed by atoms with van der Waals surface area (Å²) in [6.07, 6.45) is 4.09. The molecular formula is C23H34N4O4. The van der Waals surface area contributed by atoms with Gasteiger partial charge >= 0.3 is 6.01 Å². The first kappa shape index (κ1) is 23.1. The minimum Gasteiger partial charge on any atom is -0.494 e. The van der Waals surface area contributed by atoms with Gasteiger partial charge in [0, 0.05) is 24.6 Å². The Morgan fingerprint density at radius 3 is 2.68 bits per heavy atom. The maximum atomic E-state index is 11.6. The van der Waals surface area contributed by atoms with E-state index in [0.29, 0.717) is 41.8 Å². The molecule has 0 saturated carbocycles. The van der Waals surface area contributed by atoms with Gasteiger partial charge in [0.1, 0.15) is 5.75 Å². The van der Waals surface area contributed by atoms with Crippen molar-refractivity contribution in [2.75, 3.05) is 24.6 Å². The summed E-state index contributed by atoms with van der Waals surface area (Å²) in [6, 6.07) is 5.88. The number of carbonyl (C=O) groups excluding carboxylic acids is 1. The van der Waals surface area contributed by atoms with Crippen molar-refractivity contribution in [1.82, 2.24) is 10.1 Å². The van der Waals surface area contributed by atoms with Gasteiger partial charge in [-0.3, -0.25) is 4.79 Å². The van der Waals surface area contributed by atoms with E-state index in [9.17, 15) is 9.90 Å². The van der Waals surface area contributed by atoms with Gasteiger partial charge in [-0.15, -0.1) is 0 Å². The molecule has 1 aromatic heterocycles. The summed E-state index contributed by atoms with van der Waals surface area (Å²) in [6.45, 7) is 8.29. The minimum atomic E-state index is -0.552. The SMILES string of the molecule is CC(C)c1noc(N2CCC(CCCOc3ccc(C(N)=O)c(C[C@@H](C)O)c3)CC2)n1. The highest BCUT2D eigenvalue weighted by atomic mass is 16.5. The van der Waals surface area contributed by atoms with Gasteiger partial charge in [-0.2, -0.15) is 4.98 Å². The number of aliphatic hydroxyl groups is 1. The summed E-state index contributed by atoms with van der Waals surface area (Å²) in [5.74, 6) is 1.90. The predicted molar refractivity (Wildman–Crippen MR) is 118 cm³/mol. The summed E-state index contributed by atoms with van der Waals surface area (Å²) in [5, 5.41) is 13.7. The number of anilines is 1. The monoisotopic (exact) mass is 430 g/mol. The third-order valence-corrected chi connectivity index (χ3v) is 5.72. The maximum Gasteiger partial charge on any atom is 0.324 e. The molecule has 3 N–H and O–H groups in total. The number of carbonyl (C=O) groups is 1. The summed E-state index contributed by atoms with van der Waals surface area (Å²) in [4.78, 5) is 18.2. The Morgan fingerprint density at radius 2 is 2.06 bits per heavy atom. The lowest BCUT2D eigenvalue weighted by molar-refractivity contribution is 0.0998. The second-order valence-corrected chi connectivity index (χ2v) is 8.75. The van der Waals surface area contributed by atoms with E-state index >= 15 is 0 Å². The molecule has 1 aliphatic heterocycles. The second-order valence-electron chi connectivity index (χ2n) is 8.75. The maximum absolute atomic E-state index is 11.6. The van der Waals surface area contributed by atoms with Gasteiger partial charge < -0.3 is 25.0 Å². The van der Waals surface area contributed by atoms with Crippen LogP contribution in [-0.2, 0) is 6.42 Å². The van der Waals surface area contributed by atoms with Crippen molar-refractivity contribution < 1.29 is 19.2 Å². The number of ether oxygens (including phenoxy) is 1. The molecule has 31 heavy (non-hydrogen) atoms. The molecule has 0 bridgehead atoms. The lowest BCUT2D eigenvalue weighted by Crippen LogP contribution is -2.34. The zero-order valence-electron chi connectivity index (χ0n) is 18.7. The van der Waals surface area contributed by atoms with E-state index in [1.807, 2.05) is 0 Å². The minimum absolute atomic E-state index is 0.269. The summed E-state index contributed by atoms with van der Waals surface area (Å²) in [5.41, 5.74) is 6.58. The normalized spacial score (nSPS) is 16.0. The number of aromatic nitrogens is 2. The number of nitrogens with zero attached hydrogens (tertiary/aromatic N) is 3. The summed E-state index contributed by atoms with van der Waals surface area (Å²) >= 11 is 0. The van der Waals surface area contributed by atoms with Crippen molar-refractivity contribution in [2.24, 2.45) is 11.7 Å². The highest BCUT2D eigenvalue weighted by Crippen LogP contribution is 2.26. The fourth-order valence-corrected chi connectivity index (χ4v) is 3.95. The summed E-state index contributed by atoms with van der Waals surface area (Å²) < 4.78 is 11.3. The van der Waals surface area contributed by atoms with E-state index in [1.165, 1.54) is 0 Å². The number of hydrogen-bond donors (Lipinski definition) is 2. The zero-order chi connectivity index (χ0) is 22.4. The van der Waals surface area contributed by atoms with Crippen molar-refractivity contribution >= 4 is 11.9 Å².